The van der Waals surface area contributed by atoms with Crippen LogP contribution in [0.25, 0.3) is 0 Å². The number of halogens is 3. The molecule has 0 aromatic rings. The maximum absolute atomic E-state index is 12.6. The number of nitrogens with zero attached hydrogens (tertiary/aromatic N) is 2. The van der Waals surface area contributed by atoms with E-state index in [4.69, 9.17) is 0 Å². The van der Waals surface area contributed by atoms with Crippen molar-refractivity contribution in [2.24, 2.45) is 10.4 Å². The van der Waals surface area contributed by atoms with Crippen molar-refractivity contribution in [3.63, 3.8) is 0 Å². The van der Waals surface area contributed by atoms with Crippen LogP contribution in [-0.4, -0.2) is 48.3 Å². The first-order valence-electron chi connectivity index (χ1n) is 7.83. The largest absolute Gasteiger partial charge is 0.393 e. The number of nitrogens with one attached hydrogen (secondary N) is 2. The summed E-state index contributed by atoms with van der Waals surface area (Å²) >= 11 is 1.10. The molecule has 1 amide bonds. The molecule has 5 nitrogen and oxygen atoms in total. The van der Waals surface area contributed by atoms with Gasteiger partial charge in [0.05, 0.1) is 12.8 Å². The third-order valence-corrected chi connectivity index (χ3v) is 5.99. The predicted molar refractivity (Wildman–Crippen MR) is 85.0 cm³/mol. The molecule has 4 aliphatic heterocycles. The average Bonchev–Trinajstić information content (AvgIpc) is 3.16. The van der Waals surface area contributed by atoms with Crippen LogP contribution in [0, 0.1) is 5.41 Å². The number of aliphatic imine (C=N–C) groups is 1. The number of hydrogen-bond acceptors (Lipinski definition) is 5. The number of fused-ring (bicyclic) bond motifs is 1. The molecule has 0 aromatic carbocycles. The van der Waals surface area contributed by atoms with Gasteiger partial charge in [-0.3, -0.25) is 14.7 Å². The van der Waals surface area contributed by atoms with E-state index in [0.29, 0.717) is 24.4 Å². The number of alkyl halides is 3. The smallest absolute Gasteiger partial charge is 0.332 e. The zero-order valence-electron chi connectivity index (χ0n) is 12.8. The molecule has 130 valence electrons. The molecule has 1 spiro atoms. The Kier molecular flexibility index (Phi) is 3.68. The lowest BCUT2D eigenvalue weighted by molar-refractivity contribution is -0.127. The maximum Gasteiger partial charge on any atom is 0.393 e. The minimum absolute atomic E-state index is 0.0189. The quantitative estimate of drug-likeness (QED) is 0.792. The van der Waals surface area contributed by atoms with Crippen LogP contribution in [-0.2, 0) is 4.79 Å². The first kappa shape index (κ1) is 16.0. The molecule has 9 heteroatoms. The van der Waals surface area contributed by atoms with Crippen molar-refractivity contribution in [2.45, 2.75) is 30.8 Å². The molecule has 4 heterocycles. The third-order valence-electron chi connectivity index (χ3n) is 4.83. The van der Waals surface area contributed by atoms with Crippen LogP contribution in [0.1, 0.15) is 19.3 Å². The molecule has 2 N–H and O–H groups in total. The van der Waals surface area contributed by atoms with E-state index in [-0.39, 0.29) is 16.2 Å². The highest BCUT2D eigenvalue weighted by Crippen LogP contribution is 2.46. The number of likely N-dealkylation sites (tertiary alicyclic amines) is 1. The summed E-state index contributed by atoms with van der Waals surface area (Å²) in [4.78, 5) is 18.6. The average molecular weight is 358 g/mol. The zero-order valence-corrected chi connectivity index (χ0v) is 13.6. The van der Waals surface area contributed by atoms with Crippen LogP contribution in [0.4, 0.5) is 13.2 Å². The Labute approximate surface area is 141 Å². The van der Waals surface area contributed by atoms with Crippen molar-refractivity contribution in [1.82, 2.24) is 15.5 Å². The van der Waals surface area contributed by atoms with Crippen molar-refractivity contribution in [2.75, 3.05) is 19.6 Å². The number of carbonyl (C=O) groups is 1. The van der Waals surface area contributed by atoms with Crippen molar-refractivity contribution < 1.29 is 18.0 Å². The van der Waals surface area contributed by atoms with Gasteiger partial charge in [-0.1, -0.05) is 11.8 Å². The van der Waals surface area contributed by atoms with E-state index in [1.54, 1.807) is 4.90 Å². The van der Waals surface area contributed by atoms with Gasteiger partial charge in [0.2, 0.25) is 5.91 Å². The van der Waals surface area contributed by atoms with E-state index in [1.165, 1.54) is 12.4 Å². The normalized spacial score (nSPS) is 32.6. The molecule has 2 unspecified atom stereocenters. The number of hydrogen-bond donors (Lipinski definition) is 2. The second-order valence-electron chi connectivity index (χ2n) is 6.68. The van der Waals surface area contributed by atoms with Crippen LogP contribution >= 0.6 is 11.8 Å². The Morgan fingerprint density at radius 2 is 2.29 bits per heavy atom. The van der Waals surface area contributed by atoms with Crippen molar-refractivity contribution in [3.8, 4) is 0 Å². The summed E-state index contributed by atoms with van der Waals surface area (Å²) in [5.74, 6) is 0.610. The highest BCUT2D eigenvalue weighted by atomic mass is 32.2. The monoisotopic (exact) mass is 358 g/mol. The summed E-state index contributed by atoms with van der Waals surface area (Å²) in [6.45, 7) is 2.30. The summed E-state index contributed by atoms with van der Waals surface area (Å²) in [7, 11) is 0. The van der Waals surface area contributed by atoms with Crippen LogP contribution in [0.2, 0.25) is 0 Å². The Balaban J connectivity index is 1.62. The molecule has 4 aliphatic rings. The molecule has 0 aliphatic carbocycles. The van der Waals surface area contributed by atoms with Gasteiger partial charge in [-0.25, -0.2) is 0 Å². The lowest BCUT2D eigenvalue weighted by atomic mass is 9.86. The highest BCUT2D eigenvalue weighted by Gasteiger charge is 2.47. The number of thioether (sulfide) groups is 1. The van der Waals surface area contributed by atoms with Gasteiger partial charge in [-0.15, -0.1) is 0 Å². The zero-order chi connectivity index (χ0) is 16.9. The summed E-state index contributed by atoms with van der Waals surface area (Å²) in [6.07, 6.45) is -0.764. The molecule has 2 fully saturated rings. The third kappa shape index (κ3) is 2.83. The maximum atomic E-state index is 12.6. The SMILES string of the molecule is O=C1CC2(CCNC2)CN1C1=C2C=C(CC(F)(F)F)SC2N=CN1. The summed E-state index contributed by atoms with van der Waals surface area (Å²) in [5, 5.41) is 5.88. The first-order valence-corrected chi connectivity index (χ1v) is 8.71. The Morgan fingerprint density at radius 3 is 3.00 bits per heavy atom. The molecule has 0 aromatic heterocycles. The Hall–Kier alpha value is -1.48. The van der Waals surface area contributed by atoms with Gasteiger partial charge < -0.3 is 10.6 Å². The fourth-order valence-corrected chi connectivity index (χ4v) is 4.89. The summed E-state index contributed by atoms with van der Waals surface area (Å²) < 4.78 is 37.9. The molecule has 0 radical (unpaired) electrons. The van der Waals surface area contributed by atoms with Gasteiger partial charge >= 0.3 is 6.18 Å². The van der Waals surface area contributed by atoms with Gasteiger partial charge in [0.1, 0.15) is 11.2 Å². The first-order chi connectivity index (χ1) is 11.4. The molecule has 2 saturated heterocycles. The lowest BCUT2D eigenvalue weighted by Gasteiger charge is -2.28. The number of carbonyl (C=O) groups excluding carboxylic acids is 1. The summed E-state index contributed by atoms with van der Waals surface area (Å²) in [6, 6.07) is 0. The van der Waals surface area contributed by atoms with Crippen LogP contribution < -0.4 is 10.6 Å². The Morgan fingerprint density at radius 1 is 1.46 bits per heavy atom. The Bertz CT molecular complexity index is 664. The predicted octanol–water partition coefficient (Wildman–Crippen LogP) is 1.95. The van der Waals surface area contributed by atoms with Gasteiger partial charge in [-0.2, -0.15) is 13.2 Å². The van der Waals surface area contributed by atoms with Gasteiger partial charge in [0.15, 0.2) is 0 Å². The van der Waals surface area contributed by atoms with Crippen LogP contribution in [0.5, 0.6) is 0 Å². The number of amides is 1. The molecular weight excluding hydrogens is 341 g/mol. The molecule has 4 rings (SSSR count). The molecule has 0 saturated carbocycles. The van der Waals surface area contributed by atoms with E-state index in [2.05, 4.69) is 15.6 Å². The lowest BCUT2D eigenvalue weighted by Crippen LogP contribution is -2.38. The van der Waals surface area contributed by atoms with Crippen molar-refractivity contribution >= 4 is 24.0 Å². The number of rotatable bonds is 2. The van der Waals surface area contributed by atoms with Crippen LogP contribution in [0.3, 0.4) is 0 Å². The van der Waals surface area contributed by atoms with E-state index < -0.39 is 18.0 Å². The van der Waals surface area contributed by atoms with Crippen molar-refractivity contribution in [3.05, 3.63) is 22.4 Å². The van der Waals surface area contributed by atoms with Crippen LogP contribution in [0.15, 0.2) is 27.4 Å². The standard InChI is InChI=1S/C15H17F3N4OS/c16-15(17,18)4-9-3-10-12(20-8-21-13(10)24-9)22-7-14(5-11(22)23)1-2-19-6-14/h3,8,13,19H,1-2,4-7H2,(H,20,21). The fraction of sp³-hybridized carbons (Fsp3) is 0.600. The van der Waals surface area contributed by atoms with E-state index in [9.17, 15) is 18.0 Å². The van der Waals surface area contributed by atoms with Gasteiger partial charge in [0.25, 0.3) is 0 Å². The van der Waals surface area contributed by atoms with Gasteiger partial charge in [0, 0.05) is 30.5 Å². The molecular formula is C15H17F3N4OS. The highest BCUT2D eigenvalue weighted by molar-refractivity contribution is 8.04. The van der Waals surface area contributed by atoms with E-state index in [1.807, 2.05) is 0 Å². The minimum Gasteiger partial charge on any atom is -0.332 e. The fourth-order valence-electron chi connectivity index (χ4n) is 3.74. The summed E-state index contributed by atoms with van der Waals surface area (Å²) in [5.41, 5.74) is 0.610. The molecule has 0 bridgehead atoms. The molecule has 24 heavy (non-hydrogen) atoms. The minimum atomic E-state index is -4.24. The van der Waals surface area contributed by atoms with Gasteiger partial charge in [-0.05, 0) is 23.9 Å². The number of allylic oxidation sites excluding steroid dienone is 1. The molecule has 2 atom stereocenters. The second-order valence-corrected chi connectivity index (χ2v) is 7.89. The van der Waals surface area contributed by atoms with E-state index in [0.717, 1.165) is 31.3 Å². The van der Waals surface area contributed by atoms with Crippen molar-refractivity contribution in [1.29, 1.82) is 0 Å². The second kappa shape index (κ2) is 5.52. The van der Waals surface area contributed by atoms with E-state index >= 15 is 0 Å². The topological polar surface area (TPSA) is 56.7 Å².